The van der Waals surface area contributed by atoms with E-state index in [1.54, 1.807) is 0 Å². The molecule has 0 bridgehead atoms. The molecule has 4 aliphatic rings. The summed E-state index contributed by atoms with van der Waals surface area (Å²) in [6.07, 6.45) is 10.5. The summed E-state index contributed by atoms with van der Waals surface area (Å²) in [5.41, 5.74) is 3.23. The summed E-state index contributed by atoms with van der Waals surface area (Å²) in [7, 11) is 0. The maximum absolute atomic E-state index is 13.0. The Balaban J connectivity index is 0.00000114. The third kappa shape index (κ3) is 4.88. The molecule has 1 aromatic carbocycles. The fourth-order valence-electron chi connectivity index (χ4n) is 5.14. The van der Waals surface area contributed by atoms with Crippen molar-refractivity contribution in [3.8, 4) is 5.69 Å². The van der Waals surface area contributed by atoms with Crippen molar-refractivity contribution in [3.05, 3.63) is 78.3 Å². The summed E-state index contributed by atoms with van der Waals surface area (Å²) < 4.78 is 2.68. The van der Waals surface area contributed by atoms with Crippen LogP contribution in [-0.4, -0.2) is 81.1 Å². The van der Waals surface area contributed by atoms with E-state index in [1.165, 1.54) is 5.70 Å². The minimum atomic E-state index is 0. The Bertz CT molecular complexity index is 1120. The highest BCUT2D eigenvalue weighted by Crippen LogP contribution is 2.38. The van der Waals surface area contributed by atoms with E-state index in [1.807, 2.05) is 45.7 Å². The molecule has 0 N–H and O–H groups in total. The molecule has 2 saturated heterocycles. The molecule has 2 fully saturated rings. The monoisotopic (exact) mass is 555 g/mol. The predicted octanol–water partition coefficient (Wildman–Crippen LogP) is 3.88. The number of hydrogen-bond acceptors (Lipinski definition) is 5. The number of aromatic nitrogens is 2. The van der Waals surface area contributed by atoms with Crippen molar-refractivity contribution in [1.29, 1.82) is 0 Å². The number of fused-ring (bicyclic) bond motifs is 1. The van der Waals surface area contributed by atoms with Crippen LogP contribution in [0.2, 0.25) is 0 Å². The Labute approximate surface area is 228 Å². The lowest BCUT2D eigenvalue weighted by molar-refractivity contribution is -0.948. The van der Waals surface area contributed by atoms with Gasteiger partial charge in [-0.2, -0.15) is 9.69 Å². The minimum absolute atomic E-state index is 0. The van der Waals surface area contributed by atoms with E-state index < -0.39 is 0 Å². The van der Waals surface area contributed by atoms with Gasteiger partial charge in [0.05, 0.1) is 36.4 Å². The molecule has 6 rings (SSSR count). The zero-order valence-electron chi connectivity index (χ0n) is 19.2. The topological polar surface area (TPSA) is 44.6 Å². The highest BCUT2D eigenvalue weighted by atomic mass is 35.5. The minimum Gasteiger partial charge on any atom is -0.354 e. The maximum Gasteiger partial charge on any atom is 0.256 e. The summed E-state index contributed by atoms with van der Waals surface area (Å²) >= 11 is 1.84. The molecule has 0 unspecified atom stereocenters. The largest absolute Gasteiger partial charge is 0.354 e. The van der Waals surface area contributed by atoms with Gasteiger partial charge >= 0.3 is 0 Å². The van der Waals surface area contributed by atoms with E-state index in [9.17, 15) is 4.79 Å². The number of nitrogens with zero attached hydrogens (tertiary/aromatic N) is 6. The highest BCUT2D eigenvalue weighted by molar-refractivity contribution is 7.99. The van der Waals surface area contributed by atoms with Crippen LogP contribution < -0.4 is 4.90 Å². The molecule has 2 aromatic rings. The van der Waals surface area contributed by atoms with Crippen molar-refractivity contribution in [1.82, 2.24) is 19.7 Å². The molecule has 11 heteroatoms. The number of para-hydroxylation sites is 1. The molecule has 1 aromatic heterocycles. The molecule has 1 atom stereocenters. The molecule has 188 valence electrons. The number of hydrogen-bond donors (Lipinski definition) is 0. The molecule has 7 nitrogen and oxygen atoms in total. The average Bonchev–Trinajstić information content (AvgIpc) is 3.63. The van der Waals surface area contributed by atoms with Gasteiger partial charge in [-0.3, -0.25) is 4.79 Å². The van der Waals surface area contributed by atoms with Crippen LogP contribution in [0.15, 0.2) is 78.3 Å². The van der Waals surface area contributed by atoms with Crippen molar-refractivity contribution in [3.63, 3.8) is 0 Å². The van der Waals surface area contributed by atoms with Gasteiger partial charge in [0.25, 0.3) is 5.91 Å². The SMILES string of the molecule is Cl.Cl.Cl.O=C(C1=CC2=CC=C[N@@+]2(N2CCN(c3ccnn3-c3ccccc3)CC2)C1)N1CCSC1. The van der Waals surface area contributed by atoms with Crippen molar-refractivity contribution in [2.75, 3.05) is 55.8 Å². The smallest absolute Gasteiger partial charge is 0.256 e. The van der Waals surface area contributed by atoms with Crippen molar-refractivity contribution >= 4 is 60.7 Å². The third-order valence-electron chi connectivity index (χ3n) is 6.80. The van der Waals surface area contributed by atoms with Gasteiger partial charge in [0.1, 0.15) is 18.6 Å². The number of carbonyl (C=O) groups excluding carboxylic acids is 1. The summed E-state index contributed by atoms with van der Waals surface area (Å²) in [5, 5.41) is 7.07. The lowest BCUT2D eigenvalue weighted by atomic mass is 10.2. The van der Waals surface area contributed by atoms with E-state index in [0.717, 1.165) is 68.0 Å². The van der Waals surface area contributed by atoms with Crippen molar-refractivity contribution in [2.24, 2.45) is 0 Å². The molecule has 5 heterocycles. The number of allylic oxidation sites excluding steroid dienone is 3. The second-order valence-corrected chi connectivity index (χ2v) is 9.65. The first-order valence-electron chi connectivity index (χ1n) is 11.2. The number of piperazine rings is 1. The second-order valence-electron chi connectivity index (χ2n) is 8.57. The molecule has 35 heavy (non-hydrogen) atoms. The van der Waals surface area contributed by atoms with Gasteiger partial charge in [0.15, 0.2) is 5.70 Å². The van der Waals surface area contributed by atoms with Crippen LogP contribution in [0.3, 0.4) is 0 Å². The summed E-state index contributed by atoms with van der Waals surface area (Å²) in [4.78, 5) is 17.4. The van der Waals surface area contributed by atoms with Crippen LogP contribution in [0.4, 0.5) is 5.82 Å². The molecule has 0 saturated carbocycles. The maximum atomic E-state index is 13.0. The number of rotatable bonds is 4. The van der Waals surface area contributed by atoms with Gasteiger partial charge in [-0.25, -0.2) is 4.68 Å². The summed E-state index contributed by atoms with van der Waals surface area (Å²) in [5.74, 6) is 3.20. The average molecular weight is 557 g/mol. The van der Waals surface area contributed by atoms with Crippen LogP contribution in [-0.2, 0) is 4.79 Å². The number of thioether (sulfide) groups is 1. The normalized spacial score (nSPS) is 23.1. The zero-order valence-corrected chi connectivity index (χ0v) is 22.5. The molecule has 0 radical (unpaired) electrons. The van der Waals surface area contributed by atoms with Crippen LogP contribution in [0, 0.1) is 0 Å². The van der Waals surface area contributed by atoms with Gasteiger partial charge in [-0.05, 0) is 18.2 Å². The molecule has 0 aliphatic carbocycles. The van der Waals surface area contributed by atoms with E-state index in [2.05, 4.69) is 57.6 Å². The summed E-state index contributed by atoms with van der Waals surface area (Å²) in [6, 6.07) is 12.4. The fraction of sp³-hybridized carbons (Fsp3) is 0.333. The molecule has 0 spiro atoms. The Morgan fingerprint density at radius 3 is 2.46 bits per heavy atom. The Kier molecular flexibility index (Phi) is 9.01. The van der Waals surface area contributed by atoms with Crippen LogP contribution in [0.1, 0.15) is 0 Å². The standard InChI is InChI=1S/C24H27N6OS.3ClH/c31-24(27-14-16-32-19-27)20-17-22-7-4-15-30(22,18-20)28-12-10-26(11-13-28)23-8-9-25-29(23)21-5-2-1-3-6-21;;;/h1-9,15,17H,10-14,16,18-19H2;3*1H/q+1;;;/t30-;;;/m1.../s1. The first kappa shape index (κ1) is 27.6. The summed E-state index contributed by atoms with van der Waals surface area (Å²) in [6.45, 7) is 5.29. The highest BCUT2D eigenvalue weighted by Gasteiger charge is 2.48. The quantitative estimate of drug-likeness (QED) is 0.535. The van der Waals surface area contributed by atoms with E-state index in [0.29, 0.717) is 4.59 Å². The number of carbonyl (C=O) groups is 1. The van der Waals surface area contributed by atoms with Gasteiger partial charge in [0, 0.05) is 43.6 Å². The van der Waals surface area contributed by atoms with Gasteiger partial charge < -0.3 is 9.80 Å². The number of anilines is 1. The first-order chi connectivity index (χ1) is 15.7. The molecule has 1 amide bonds. The zero-order chi connectivity index (χ0) is 21.5. The third-order valence-corrected chi connectivity index (χ3v) is 7.77. The van der Waals surface area contributed by atoms with Gasteiger partial charge in [0.2, 0.25) is 0 Å². The van der Waals surface area contributed by atoms with Gasteiger partial charge in [-0.1, -0.05) is 18.2 Å². The molecular formula is C24H30Cl3N6OS+. The fourth-order valence-corrected chi connectivity index (χ4v) is 6.08. The van der Waals surface area contributed by atoms with Crippen molar-refractivity contribution in [2.45, 2.75) is 0 Å². The molecular weight excluding hydrogens is 527 g/mol. The Morgan fingerprint density at radius 1 is 0.971 bits per heavy atom. The van der Waals surface area contributed by atoms with Crippen LogP contribution in [0.25, 0.3) is 5.69 Å². The van der Waals surface area contributed by atoms with E-state index >= 15 is 0 Å². The van der Waals surface area contributed by atoms with E-state index in [-0.39, 0.29) is 43.1 Å². The number of halogens is 3. The second kappa shape index (κ2) is 11.4. The number of benzene rings is 1. The van der Waals surface area contributed by atoms with Crippen LogP contribution in [0.5, 0.6) is 0 Å². The first-order valence-corrected chi connectivity index (χ1v) is 12.4. The number of amides is 1. The van der Waals surface area contributed by atoms with E-state index in [4.69, 9.17) is 0 Å². The Morgan fingerprint density at radius 2 is 1.74 bits per heavy atom. The van der Waals surface area contributed by atoms with Gasteiger partial charge in [-0.15, -0.1) is 54.0 Å². The molecule has 4 aliphatic heterocycles. The van der Waals surface area contributed by atoms with Crippen LogP contribution >= 0.6 is 49.0 Å². The number of quaternary nitrogens is 1. The van der Waals surface area contributed by atoms with Crippen molar-refractivity contribution < 1.29 is 9.39 Å². The lowest BCUT2D eigenvalue weighted by Crippen LogP contribution is -2.60. The lowest BCUT2D eigenvalue weighted by Gasteiger charge is -2.44. The predicted molar refractivity (Wildman–Crippen MR) is 149 cm³/mol. The Hall–Kier alpha value is -1.94.